The summed E-state index contributed by atoms with van der Waals surface area (Å²) in [5.41, 5.74) is 1.96. The van der Waals surface area contributed by atoms with E-state index in [-0.39, 0.29) is 17.7 Å². The normalized spacial score (nSPS) is 15.0. The van der Waals surface area contributed by atoms with Crippen LogP contribution in [0.1, 0.15) is 37.9 Å². The molecule has 0 aliphatic carbocycles. The van der Waals surface area contributed by atoms with Gasteiger partial charge in [0.15, 0.2) is 4.80 Å². The number of hydrogen-bond acceptors (Lipinski definition) is 8. The summed E-state index contributed by atoms with van der Waals surface area (Å²) in [5.74, 6) is 0.0826. The van der Waals surface area contributed by atoms with E-state index in [2.05, 4.69) is 11.6 Å². The molecular weight excluding hydrogens is 492 g/mol. The largest absolute Gasteiger partial charge is 0.490 e. The second-order valence-corrected chi connectivity index (χ2v) is 9.14. The first-order chi connectivity index (χ1) is 17.8. The summed E-state index contributed by atoms with van der Waals surface area (Å²) in [6, 6.07) is 13.3. The maximum absolute atomic E-state index is 13.7. The zero-order chi connectivity index (χ0) is 26.5. The number of esters is 2. The van der Waals surface area contributed by atoms with Gasteiger partial charge in [0.2, 0.25) is 0 Å². The Kier molecular flexibility index (Phi) is 7.83. The fourth-order valence-corrected chi connectivity index (χ4v) is 5.00. The number of carbonyl (C=O) groups is 2. The molecule has 2 aromatic carbocycles. The van der Waals surface area contributed by atoms with Crippen LogP contribution in [0.3, 0.4) is 0 Å². The summed E-state index contributed by atoms with van der Waals surface area (Å²) < 4.78 is 18.0. The second-order valence-electron chi connectivity index (χ2n) is 8.13. The summed E-state index contributed by atoms with van der Waals surface area (Å²) in [4.78, 5) is 43.0. The highest BCUT2D eigenvalue weighted by molar-refractivity contribution is 7.07. The SMILES string of the molecule is C=CCOc1ccc(/C=c2/sc3n(c2=O)[C@@H](c2ccc(OC(C)=O)cc2)C(C(=O)OCC)=C(C)N=3)cc1. The predicted octanol–water partition coefficient (Wildman–Crippen LogP) is 3.29. The molecule has 190 valence electrons. The van der Waals surface area contributed by atoms with Crippen molar-refractivity contribution in [1.29, 1.82) is 0 Å². The molecule has 1 aliphatic heterocycles. The average Bonchev–Trinajstić information content (AvgIpc) is 3.17. The Labute approximate surface area is 217 Å². The Hall–Kier alpha value is -4.24. The number of aromatic nitrogens is 1. The van der Waals surface area contributed by atoms with Crippen LogP contribution in [0.15, 0.2) is 82.2 Å². The predicted molar refractivity (Wildman–Crippen MR) is 140 cm³/mol. The number of rotatable bonds is 8. The van der Waals surface area contributed by atoms with Gasteiger partial charge in [-0.1, -0.05) is 48.3 Å². The van der Waals surface area contributed by atoms with Crippen LogP contribution in [0.2, 0.25) is 0 Å². The lowest BCUT2D eigenvalue weighted by Crippen LogP contribution is -2.39. The van der Waals surface area contributed by atoms with Crippen molar-refractivity contribution in [2.45, 2.75) is 26.8 Å². The maximum Gasteiger partial charge on any atom is 0.338 e. The molecule has 3 aromatic rings. The first-order valence-corrected chi connectivity index (χ1v) is 12.5. The van der Waals surface area contributed by atoms with Crippen molar-refractivity contribution in [3.8, 4) is 11.5 Å². The van der Waals surface area contributed by atoms with Gasteiger partial charge in [0.05, 0.1) is 28.5 Å². The average molecular weight is 519 g/mol. The maximum atomic E-state index is 13.7. The monoisotopic (exact) mass is 518 g/mol. The van der Waals surface area contributed by atoms with Crippen LogP contribution in [0.25, 0.3) is 6.08 Å². The molecule has 8 nitrogen and oxygen atoms in total. The van der Waals surface area contributed by atoms with E-state index < -0.39 is 18.0 Å². The van der Waals surface area contributed by atoms with E-state index in [1.165, 1.54) is 22.8 Å². The molecule has 0 fully saturated rings. The first kappa shape index (κ1) is 25.8. The minimum absolute atomic E-state index is 0.185. The Bertz CT molecular complexity index is 1550. The molecule has 0 N–H and O–H groups in total. The lowest BCUT2D eigenvalue weighted by molar-refractivity contribution is -0.139. The van der Waals surface area contributed by atoms with Crippen molar-refractivity contribution in [3.63, 3.8) is 0 Å². The van der Waals surface area contributed by atoms with Gasteiger partial charge < -0.3 is 14.2 Å². The number of carbonyl (C=O) groups excluding carboxylic acids is 2. The smallest absolute Gasteiger partial charge is 0.338 e. The van der Waals surface area contributed by atoms with Crippen molar-refractivity contribution in [3.05, 3.63) is 103 Å². The molecule has 0 radical (unpaired) electrons. The third kappa shape index (κ3) is 5.62. The second kappa shape index (κ2) is 11.2. The summed E-state index contributed by atoms with van der Waals surface area (Å²) in [6.45, 7) is 9.00. The molecule has 9 heteroatoms. The fraction of sp³-hybridized carbons (Fsp3) is 0.214. The quantitative estimate of drug-likeness (QED) is 0.258. The van der Waals surface area contributed by atoms with Gasteiger partial charge in [0.1, 0.15) is 18.1 Å². The van der Waals surface area contributed by atoms with Gasteiger partial charge in [-0.05, 0) is 55.3 Å². The Balaban J connectivity index is 1.82. The van der Waals surface area contributed by atoms with E-state index in [1.807, 2.05) is 24.3 Å². The van der Waals surface area contributed by atoms with E-state index in [0.717, 1.165) is 5.56 Å². The highest BCUT2D eigenvalue weighted by atomic mass is 32.1. The zero-order valence-electron chi connectivity index (χ0n) is 20.7. The molecule has 1 aromatic heterocycles. The molecule has 0 unspecified atom stereocenters. The molecule has 0 saturated carbocycles. The minimum Gasteiger partial charge on any atom is -0.490 e. The van der Waals surface area contributed by atoms with Gasteiger partial charge in [-0.3, -0.25) is 14.2 Å². The number of fused-ring (bicyclic) bond motifs is 1. The standard InChI is InChI=1S/C28H26N2O6S/c1-5-15-35-21-11-7-19(8-12-21)16-23-26(32)30-25(20-9-13-22(14-10-20)36-18(4)31)24(27(33)34-6-2)17(3)29-28(30)37-23/h5,7-14,16,25H,1,6,15H2,2-4H3/b23-16+/t25-/m0/s1. The van der Waals surface area contributed by atoms with Crippen LogP contribution in [0, 0.1) is 0 Å². The van der Waals surface area contributed by atoms with E-state index in [1.54, 1.807) is 50.3 Å². The Morgan fingerprint density at radius 2 is 1.78 bits per heavy atom. The third-order valence-electron chi connectivity index (χ3n) is 5.52. The van der Waals surface area contributed by atoms with Crippen molar-refractivity contribution >= 4 is 29.4 Å². The van der Waals surface area contributed by atoms with Crippen LogP contribution >= 0.6 is 11.3 Å². The van der Waals surface area contributed by atoms with E-state index in [0.29, 0.717) is 38.7 Å². The Morgan fingerprint density at radius 3 is 2.41 bits per heavy atom. The van der Waals surface area contributed by atoms with E-state index >= 15 is 0 Å². The number of allylic oxidation sites excluding steroid dienone is 1. The van der Waals surface area contributed by atoms with Crippen molar-refractivity contribution < 1.29 is 23.8 Å². The molecule has 37 heavy (non-hydrogen) atoms. The zero-order valence-corrected chi connectivity index (χ0v) is 21.5. The number of benzene rings is 2. The topological polar surface area (TPSA) is 96.2 Å². The van der Waals surface area contributed by atoms with Crippen molar-refractivity contribution in [2.24, 2.45) is 4.99 Å². The van der Waals surface area contributed by atoms with Gasteiger partial charge in [-0.2, -0.15) is 0 Å². The van der Waals surface area contributed by atoms with E-state index in [9.17, 15) is 14.4 Å². The van der Waals surface area contributed by atoms with Gasteiger partial charge in [-0.25, -0.2) is 9.79 Å². The van der Waals surface area contributed by atoms with Crippen LogP contribution in [0.4, 0.5) is 0 Å². The summed E-state index contributed by atoms with van der Waals surface area (Å²) >= 11 is 1.24. The van der Waals surface area contributed by atoms with E-state index in [4.69, 9.17) is 14.2 Å². The third-order valence-corrected chi connectivity index (χ3v) is 6.50. The first-order valence-electron chi connectivity index (χ1n) is 11.6. The van der Waals surface area contributed by atoms with Crippen LogP contribution < -0.4 is 24.4 Å². The molecule has 0 amide bonds. The molecule has 1 aliphatic rings. The van der Waals surface area contributed by atoms with Crippen LogP contribution in [0.5, 0.6) is 11.5 Å². The number of nitrogens with zero attached hydrogens (tertiary/aromatic N) is 2. The van der Waals surface area contributed by atoms with Gasteiger partial charge in [-0.15, -0.1) is 0 Å². The molecule has 1 atom stereocenters. The van der Waals surface area contributed by atoms with Crippen molar-refractivity contribution in [1.82, 2.24) is 4.57 Å². The number of ether oxygens (including phenoxy) is 3. The Morgan fingerprint density at radius 1 is 1.11 bits per heavy atom. The van der Waals surface area contributed by atoms with Crippen LogP contribution in [-0.2, 0) is 14.3 Å². The molecule has 4 rings (SSSR count). The number of thiazole rings is 1. The lowest BCUT2D eigenvalue weighted by atomic mass is 9.96. The molecule has 0 bridgehead atoms. The molecule has 0 spiro atoms. The van der Waals surface area contributed by atoms with Crippen molar-refractivity contribution in [2.75, 3.05) is 13.2 Å². The van der Waals surface area contributed by atoms with Crippen LogP contribution in [-0.4, -0.2) is 29.7 Å². The lowest BCUT2D eigenvalue weighted by Gasteiger charge is -2.24. The molecule has 2 heterocycles. The summed E-state index contributed by atoms with van der Waals surface area (Å²) in [6.07, 6.45) is 3.45. The van der Waals surface area contributed by atoms with Gasteiger partial charge in [0, 0.05) is 6.92 Å². The minimum atomic E-state index is -0.751. The van der Waals surface area contributed by atoms with Gasteiger partial charge in [0.25, 0.3) is 5.56 Å². The summed E-state index contributed by atoms with van der Waals surface area (Å²) in [5, 5.41) is 0. The van der Waals surface area contributed by atoms with Gasteiger partial charge >= 0.3 is 11.9 Å². The fourth-order valence-electron chi connectivity index (χ4n) is 3.96. The highest BCUT2D eigenvalue weighted by Crippen LogP contribution is 2.31. The summed E-state index contributed by atoms with van der Waals surface area (Å²) in [7, 11) is 0. The molecular formula is C28H26N2O6S. The number of hydrogen-bond donors (Lipinski definition) is 0. The molecule has 0 saturated heterocycles. The highest BCUT2D eigenvalue weighted by Gasteiger charge is 2.33.